The van der Waals surface area contributed by atoms with Gasteiger partial charge in [-0.25, -0.2) is 0 Å². The van der Waals surface area contributed by atoms with Crippen molar-refractivity contribution in [2.24, 2.45) is 0 Å². The molecule has 2 aliphatic heterocycles. The minimum Gasteiger partial charge on any atom is -0.381 e. The first-order valence-corrected chi connectivity index (χ1v) is 9.20. The number of ether oxygens (including phenoxy) is 2. The predicted octanol–water partition coefficient (Wildman–Crippen LogP) is 4.34. The van der Waals surface area contributed by atoms with E-state index in [2.05, 4.69) is 80.5 Å². The molecule has 4 heteroatoms. The van der Waals surface area contributed by atoms with Gasteiger partial charge in [0.05, 0.1) is 5.60 Å². The third-order valence-electron chi connectivity index (χ3n) is 6.04. The Hall–Kier alpha value is -1.39. The van der Waals surface area contributed by atoms with Crippen LogP contribution < -0.4 is 0 Å². The summed E-state index contributed by atoms with van der Waals surface area (Å²) in [6, 6.07) is 19.7. The van der Waals surface area contributed by atoms with Gasteiger partial charge < -0.3 is 14.4 Å². The molecule has 0 amide bonds. The van der Waals surface area contributed by atoms with Crippen LogP contribution in [0.2, 0.25) is 0 Å². The lowest BCUT2D eigenvalue weighted by Crippen LogP contribution is -2.49. The van der Waals surface area contributed by atoms with E-state index in [1.807, 2.05) is 0 Å². The molecule has 26 heavy (non-hydrogen) atoms. The van der Waals surface area contributed by atoms with E-state index >= 15 is 0 Å². The number of nitrogens with zero attached hydrogens (tertiary/aromatic N) is 1. The highest BCUT2D eigenvalue weighted by Crippen LogP contribution is 2.56. The van der Waals surface area contributed by atoms with Crippen LogP contribution >= 0.6 is 12.4 Å². The number of halogens is 1. The van der Waals surface area contributed by atoms with Crippen LogP contribution in [-0.4, -0.2) is 38.3 Å². The van der Waals surface area contributed by atoms with E-state index in [-0.39, 0.29) is 24.0 Å². The summed E-state index contributed by atoms with van der Waals surface area (Å²) >= 11 is 0. The first-order chi connectivity index (χ1) is 12.1. The number of hydrogen-bond acceptors (Lipinski definition) is 3. The van der Waals surface area contributed by atoms with Crippen LogP contribution in [0.1, 0.15) is 36.5 Å². The molecule has 1 fully saturated rings. The fraction of sp³-hybridized carbons (Fsp3) is 0.455. The Labute approximate surface area is 162 Å². The Kier molecular flexibility index (Phi) is 5.45. The summed E-state index contributed by atoms with van der Waals surface area (Å²) in [6.07, 6.45) is 1.83. The maximum Gasteiger partial charge on any atom is 0.135 e. The van der Waals surface area contributed by atoms with E-state index in [0.29, 0.717) is 0 Å². The summed E-state index contributed by atoms with van der Waals surface area (Å²) in [5.74, 6) is 0. The van der Waals surface area contributed by atoms with Crippen molar-refractivity contribution in [1.82, 2.24) is 4.90 Å². The zero-order chi connectivity index (χ0) is 17.5. The van der Waals surface area contributed by atoms with Crippen molar-refractivity contribution in [3.05, 3.63) is 71.3 Å². The Bertz CT molecular complexity index is 743. The van der Waals surface area contributed by atoms with Crippen LogP contribution in [0.4, 0.5) is 0 Å². The van der Waals surface area contributed by atoms with Crippen molar-refractivity contribution >= 4 is 12.4 Å². The van der Waals surface area contributed by atoms with Crippen molar-refractivity contribution < 1.29 is 9.47 Å². The molecule has 4 rings (SSSR count). The molecule has 2 unspecified atom stereocenters. The average molecular weight is 374 g/mol. The van der Waals surface area contributed by atoms with Gasteiger partial charge in [0.2, 0.25) is 0 Å². The highest BCUT2D eigenvalue weighted by Gasteiger charge is 2.57. The highest BCUT2D eigenvalue weighted by atomic mass is 35.5. The van der Waals surface area contributed by atoms with Gasteiger partial charge in [0.15, 0.2) is 0 Å². The van der Waals surface area contributed by atoms with E-state index in [0.717, 1.165) is 26.1 Å². The van der Waals surface area contributed by atoms with Crippen LogP contribution in [0.3, 0.4) is 0 Å². The summed E-state index contributed by atoms with van der Waals surface area (Å²) in [7, 11) is 4.27. The van der Waals surface area contributed by atoms with Crippen LogP contribution in [0.5, 0.6) is 0 Å². The van der Waals surface area contributed by atoms with Crippen molar-refractivity contribution in [3.63, 3.8) is 0 Å². The minimum absolute atomic E-state index is 0. The Morgan fingerprint density at radius 1 is 0.885 bits per heavy atom. The zero-order valence-corrected chi connectivity index (χ0v) is 16.6. The van der Waals surface area contributed by atoms with Crippen molar-refractivity contribution in [2.75, 3.05) is 27.3 Å². The lowest BCUT2D eigenvalue weighted by atomic mass is 9.78. The van der Waals surface area contributed by atoms with E-state index < -0.39 is 5.60 Å². The van der Waals surface area contributed by atoms with Crippen molar-refractivity contribution in [2.45, 2.75) is 37.0 Å². The quantitative estimate of drug-likeness (QED) is 0.798. The molecular weight excluding hydrogens is 346 g/mol. The predicted molar refractivity (Wildman–Crippen MR) is 107 cm³/mol. The summed E-state index contributed by atoms with van der Waals surface area (Å²) in [5, 5.41) is 0. The van der Waals surface area contributed by atoms with E-state index in [1.54, 1.807) is 0 Å². The summed E-state index contributed by atoms with van der Waals surface area (Å²) < 4.78 is 12.8. The second kappa shape index (κ2) is 7.32. The van der Waals surface area contributed by atoms with Gasteiger partial charge in [0.1, 0.15) is 5.60 Å². The standard InChI is InChI=1S/C22H27NO2.ClH/c1-17(23(2)3)22(18-9-5-4-6-10-18)20-12-8-7-11-19(20)21(25-22)13-15-24-16-14-21;/h4-12,17H,13-16H2,1-3H3;1H. The Morgan fingerprint density at radius 3 is 2.08 bits per heavy atom. The number of likely N-dealkylation sites (N-methyl/N-ethyl adjacent to an activating group) is 1. The lowest BCUT2D eigenvalue weighted by molar-refractivity contribution is -0.181. The molecule has 1 spiro atoms. The third kappa shape index (κ3) is 2.78. The molecule has 0 aliphatic carbocycles. The molecular formula is C22H28ClNO2. The third-order valence-corrected chi connectivity index (χ3v) is 6.04. The van der Waals surface area contributed by atoms with E-state index in [9.17, 15) is 0 Å². The molecule has 2 aliphatic rings. The molecule has 140 valence electrons. The van der Waals surface area contributed by atoms with Gasteiger partial charge in [-0.15, -0.1) is 12.4 Å². The molecule has 0 aromatic heterocycles. The molecule has 0 N–H and O–H groups in total. The SMILES string of the molecule is CC(N(C)C)C1(c2ccccc2)OC2(CCOCC2)c2ccccc21.Cl. The van der Waals surface area contributed by atoms with Gasteiger partial charge >= 0.3 is 0 Å². The van der Waals surface area contributed by atoms with Crippen LogP contribution in [0.25, 0.3) is 0 Å². The fourth-order valence-corrected chi connectivity index (χ4v) is 4.51. The molecule has 3 nitrogen and oxygen atoms in total. The second-order valence-electron chi connectivity index (χ2n) is 7.50. The number of rotatable bonds is 3. The molecule has 2 atom stereocenters. The number of fused-ring (bicyclic) bond motifs is 2. The first-order valence-electron chi connectivity index (χ1n) is 9.20. The van der Waals surface area contributed by atoms with Gasteiger partial charge in [-0.2, -0.15) is 0 Å². The maximum atomic E-state index is 7.14. The fourth-order valence-electron chi connectivity index (χ4n) is 4.51. The van der Waals surface area contributed by atoms with E-state index in [1.165, 1.54) is 16.7 Å². The van der Waals surface area contributed by atoms with Gasteiger partial charge in [-0.1, -0.05) is 54.6 Å². The smallest absolute Gasteiger partial charge is 0.135 e. The van der Waals surface area contributed by atoms with Gasteiger partial charge in [0.25, 0.3) is 0 Å². The first kappa shape index (κ1) is 19.4. The Morgan fingerprint density at radius 2 is 1.46 bits per heavy atom. The topological polar surface area (TPSA) is 21.7 Å². The minimum atomic E-state index is -0.460. The molecule has 2 heterocycles. The second-order valence-corrected chi connectivity index (χ2v) is 7.50. The van der Waals surface area contributed by atoms with Crippen LogP contribution in [0.15, 0.2) is 54.6 Å². The largest absolute Gasteiger partial charge is 0.381 e. The number of benzene rings is 2. The molecule has 0 radical (unpaired) electrons. The molecule has 2 aromatic rings. The molecule has 1 saturated heterocycles. The summed E-state index contributed by atoms with van der Waals surface area (Å²) in [6.45, 7) is 3.78. The molecule has 0 saturated carbocycles. The van der Waals surface area contributed by atoms with Crippen molar-refractivity contribution in [1.29, 1.82) is 0 Å². The van der Waals surface area contributed by atoms with E-state index in [4.69, 9.17) is 9.47 Å². The van der Waals surface area contributed by atoms with Crippen LogP contribution in [-0.2, 0) is 20.7 Å². The highest BCUT2D eigenvalue weighted by molar-refractivity contribution is 5.85. The number of hydrogen-bond donors (Lipinski definition) is 0. The van der Waals surface area contributed by atoms with Gasteiger partial charge in [-0.05, 0) is 37.7 Å². The molecule has 2 aromatic carbocycles. The monoisotopic (exact) mass is 373 g/mol. The summed E-state index contributed by atoms with van der Waals surface area (Å²) in [4.78, 5) is 2.27. The Balaban J connectivity index is 0.00000196. The normalized spacial score (nSPS) is 24.9. The van der Waals surface area contributed by atoms with Crippen LogP contribution in [0, 0.1) is 0 Å². The van der Waals surface area contributed by atoms with Crippen molar-refractivity contribution in [3.8, 4) is 0 Å². The lowest BCUT2D eigenvalue weighted by Gasteiger charge is -2.43. The van der Waals surface area contributed by atoms with Gasteiger partial charge in [-0.3, -0.25) is 0 Å². The van der Waals surface area contributed by atoms with Gasteiger partial charge in [0, 0.05) is 32.1 Å². The summed E-state index contributed by atoms with van der Waals surface area (Å²) in [5.41, 5.74) is 3.18. The average Bonchev–Trinajstić information content (AvgIpc) is 2.94. The zero-order valence-electron chi connectivity index (χ0n) is 15.8. The molecule has 0 bridgehead atoms. The maximum absolute atomic E-state index is 7.14.